The first kappa shape index (κ1) is 15.1. The topological polar surface area (TPSA) is 12.0 Å². The molecule has 1 N–H and O–H groups in total. The van der Waals surface area contributed by atoms with Gasteiger partial charge in [0.15, 0.2) is 0 Å². The molecular weight excluding hydrogens is 242 g/mol. The lowest BCUT2D eigenvalue weighted by Gasteiger charge is -2.24. The zero-order valence-corrected chi connectivity index (χ0v) is 13.2. The standard InChI is InChI=1S/C19H27N/c1-5-20-18(12-13-19(2,3)4)17-11-10-15-8-6-7-9-16(15)14-17/h6-11,14,18,20H,5,12-13H2,1-4H3. The Morgan fingerprint density at radius 3 is 2.35 bits per heavy atom. The molecule has 0 heterocycles. The van der Waals surface area contributed by atoms with Crippen LogP contribution in [0.15, 0.2) is 42.5 Å². The Morgan fingerprint density at radius 1 is 1.00 bits per heavy atom. The van der Waals surface area contributed by atoms with Gasteiger partial charge in [0, 0.05) is 6.04 Å². The molecule has 1 nitrogen and oxygen atoms in total. The molecule has 1 unspecified atom stereocenters. The molecule has 0 aliphatic heterocycles. The molecule has 0 spiro atoms. The summed E-state index contributed by atoms with van der Waals surface area (Å²) in [6, 6.07) is 15.9. The second kappa shape index (κ2) is 6.41. The Kier molecular flexibility index (Phi) is 4.82. The van der Waals surface area contributed by atoms with Crippen LogP contribution in [0.1, 0.15) is 52.1 Å². The van der Waals surface area contributed by atoms with Crippen LogP contribution >= 0.6 is 0 Å². The minimum absolute atomic E-state index is 0.393. The van der Waals surface area contributed by atoms with Gasteiger partial charge in [-0.15, -0.1) is 0 Å². The Balaban J connectivity index is 2.21. The van der Waals surface area contributed by atoms with Crippen molar-refractivity contribution >= 4 is 10.8 Å². The summed E-state index contributed by atoms with van der Waals surface area (Å²) < 4.78 is 0. The molecular formula is C19H27N. The highest BCUT2D eigenvalue weighted by Crippen LogP contribution is 2.29. The predicted molar refractivity (Wildman–Crippen MR) is 89.1 cm³/mol. The fraction of sp³-hybridized carbons (Fsp3) is 0.474. The average molecular weight is 269 g/mol. The monoisotopic (exact) mass is 269 g/mol. The molecule has 0 fully saturated rings. The van der Waals surface area contributed by atoms with Gasteiger partial charge in [0.2, 0.25) is 0 Å². The Bertz CT molecular complexity index is 551. The van der Waals surface area contributed by atoms with Crippen molar-refractivity contribution in [1.82, 2.24) is 5.32 Å². The largest absolute Gasteiger partial charge is 0.310 e. The highest BCUT2D eigenvalue weighted by molar-refractivity contribution is 5.83. The second-order valence-corrected chi connectivity index (χ2v) is 6.82. The maximum Gasteiger partial charge on any atom is 0.0320 e. The molecule has 2 aromatic carbocycles. The molecule has 0 aromatic heterocycles. The zero-order chi connectivity index (χ0) is 14.6. The van der Waals surface area contributed by atoms with E-state index in [1.54, 1.807) is 0 Å². The molecule has 1 atom stereocenters. The smallest absolute Gasteiger partial charge is 0.0320 e. The van der Waals surface area contributed by atoms with Gasteiger partial charge in [0.05, 0.1) is 0 Å². The van der Waals surface area contributed by atoms with Crippen LogP contribution < -0.4 is 5.32 Å². The van der Waals surface area contributed by atoms with Crippen LogP contribution in [0.5, 0.6) is 0 Å². The van der Waals surface area contributed by atoms with Gasteiger partial charge in [-0.1, -0.05) is 64.1 Å². The lowest BCUT2D eigenvalue weighted by molar-refractivity contribution is 0.334. The van der Waals surface area contributed by atoms with Crippen LogP contribution in [-0.2, 0) is 0 Å². The van der Waals surface area contributed by atoms with Crippen LogP contribution in [-0.4, -0.2) is 6.54 Å². The van der Waals surface area contributed by atoms with Crippen molar-refractivity contribution in [2.24, 2.45) is 5.41 Å². The highest BCUT2D eigenvalue weighted by atomic mass is 14.9. The first-order valence-corrected chi connectivity index (χ1v) is 7.72. The van der Waals surface area contributed by atoms with E-state index in [1.807, 2.05) is 0 Å². The third-order valence-electron chi connectivity index (χ3n) is 3.81. The van der Waals surface area contributed by atoms with E-state index in [4.69, 9.17) is 0 Å². The van der Waals surface area contributed by atoms with Crippen LogP contribution in [0.25, 0.3) is 10.8 Å². The highest BCUT2D eigenvalue weighted by Gasteiger charge is 2.16. The number of rotatable bonds is 5. The lowest BCUT2D eigenvalue weighted by atomic mass is 9.87. The molecule has 1 heteroatoms. The molecule has 0 amide bonds. The Morgan fingerprint density at radius 2 is 1.70 bits per heavy atom. The fourth-order valence-corrected chi connectivity index (χ4v) is 2.63. The van der Waals surface area contributed by atoms with Gasteiger partial charge in [0.25, 0.3) is 0 Å². The number of fused-ring (bicyclic) bond motifs is 1. The van der Waals surface area contributed by atoms with E-state index < -0.39 is 0 Å². The van der Waals surface area contributed by atoms with E-state index in [-0.39, 0.29) is 0 Å². The Hall–Kier alpha value is -1.34. The Labute approximate surface area is 123 Å². The summed E-state index contributed by atoms with van der Waals surface area (Å²) in [7, 11) is 0. The van der Waals surface area contributed by atoms with Crippen molar-refractivity contribution in [3.8, 4) is 0 Å². The minimum Gasteiger partial charge on any atom is -0.310 e. The zero-order valence-electron chi connectivity index (χ0n) is 13.2. The van der Waals surface area contributed by atoms with Gasteiger partial charge in [-0.2, -0.15) is 0 Å². The van der Waals surface area contributed by atoms with Gasteiger partial charge in [-0.3, -0.25) is 0 Å². The molecule has 0 bridgehead atoms. The lowest BCUT2D eigenvalue weighted by Crippen LogP contribution is -2.22. The van der Waals surface area contributed by atoms with Crippen LogP contribution in [0.2, 0.25) is 0 Å². The van der Waals surface area contributed by atoms with Gasteiger partial charge in [-0.25, -0.2) is 0 Å². The van der Waals surface area contributed by atoms with E-state index in [0.29, 0.717) is 11.5 Å². The summed E-state index contributed by atoms with van der Waals surface area (Å²) in [5, 5.41) is 6.29. The van der Waals surface area contributed by atoms with E-state index in [2.05, 4.69) is 75.5 Å². The number of benzene rings is 2. The summed E-state index contributed by atoms with van der Waals surface area (Å²) in [4.78, 5) is 0. The molecule has 20 heavy (non-hydrogen) atoms. The van der Waals surface area contributed by atoms with E-state index in [1.165, 1.54) is 29.2 Å². The van der Waals surface area contributed by atoms with Crippen LogP contribution in [0.4, 0.5) is 0 Å². The molecule has 0 saturated carbocycles. The molecule has 0 aliphatic rings. The molecule has 108 valence electrons. The van der Waals surface area contributed by atoms with Crippen LogP contribution in [0, 0.1) is 5.41 Å². The summed E-state index contributed by atoms with van der Waals surface area (Å²) >= 11 is 0. The molecule has 0 saturated heterocycles. The summed E-state index contributed by atoms with van der Waals surface area (Å²) in [6.45, 7) is 10.1. The second-order valence-electron chi connectivity index (χ2n) is 6.82. The number of nitrogens with one attached hydrogen (secondary N) is 1. The summed E-state index contributed by atoms with van der Waals surface area (Å²) in [5.74, 6) is 0. The number of hydrogen-bond acceptors (Lipinski definition) is 1. The van der Waals surface area contributed by atoms with Gasteiger partial charge in [-0.05, 0) is 47.2 Å². The van der Waals surface area contributed by atoms with Crippen molar-refractivity contribution in [2.75, 3.05) is 6.54 Å². The van der Waals surface area contributed by atoms with E-state index >= 15 is 0 Å². The first-order valence-electron chi connectivity index (χ1n) is 7.72. The fourth-order valence-electron chi connectivity index (χ4n) is 2.63. The van der Waals surface area contributed by atoms with E-state index in [9.17, 15) is 0 Å². The van der Waals surface area contributed by atoms with Gasteiger partial charge in [0.1, 0.15) is 0 Å². The molecule has 2 aromatic rings. The summed E-state index contributed by atoms with van der Waals surface area (Å²) in [5.41, 5.74) is 1.81. The van der Waals surface area contributed by atoms with E-state index in [0.717, 1.165) is 6.54 Å². The van der Waals surface area contributed by atoms with Crippen molar-refractivity contribution in [2.45, 2.75) is 46.6 Å². The summed E-state index contributed by atoms with van der Waals surface area (Å²) in [6.07, 6.45) is 2.42. The SMILES string of the molecule is CCNC(CCC(C)(C)C)c1ccc2ccccc2c1. The average Bonchev–Trinajstić information content (AvgIpc) is 2.42. The van der Waals surface area contributed by atoms with Gasteiger partial charge < -0.3 is 5.32 Å². The molecule has 2 rings (SSSR count). The molecule has 0 radical (unpaired) electrons. The quantitative estimate of drug-likeness (QED) is 0.775. The van der Waals surface area contributed by atoms with Crippen LogP contribution in [0.3, 0.4) is 0 Å². The van der Waals surface area contributed by atoms with Crippen molar-refractivity contribution in [3.63, 3.8) is 0 Å². The number of hydrogen-bond donors (Lipinski definition) is 1. The predicted octanol–water partition coefficient (Wildman–Crippen LogP) is 5.32. The maximum absolute atomic E-state index is 3.64. The van der Waals surface area contributed by atoms with Crippen molar-refractivity contribution in [3.05, 3.63) is 48.0 Å². The van der Waals surface area contributed by atoms with Gasteiger partial charge >= 0.3 is 0 Å². The normalized spacial score (nSPS) is 13.6. The molecule has 0 aliphatic carbocycles. The van der Waals surface area contributed by atoms with Crippen molar-refractivity contribution in [1.29, 1.82) is 0 Å². The minimum atomic E-state index is 0.393. The van der Waals surface area contributed by atoms with Crippen molar-refractivity contribution < 1.29 is 0 Å². The maximum atomic E-state index is 3.64. The third-order valence-corrected chi connectivity index (χ3v) is 3.81. The third kappa shape index (κ3) is 4.08. The first-order chi connectivity index (χ1) is 9.49.